The van der Waals surface area contributed by atoms with Crippen LogP contribution in [0.2, 0.25) is 10.0 Å². The Morgan fingerprint density at radius 1 is 1.14 bits per heavy atom. The molecule has 4 nitrogen and oxygen atoms in total. The summed E-state index contributed by atoms with van der Waals surface area (Å²) in [6.45, 7) is 3.68. The predicted molar refractivity (Wildman–Crippen MR) is 90.8 cm³/mol. The largest absolute Gasteiger partial charge is 0.243 e. The number of azo groups is 1. The van der Waals surface area contributed by atoms with Crippen LogP contribution in [0.3, 0.4) is 0 Å². The van der Waals surface area contributed by atoms with Gasteiger partial charge in [0, 0.05) is 10.0 Å². The summed E-state index contributed by atoms with van der Waals surface area (Å²) in [5, 5.41) is 19.3. The number of nitrogens with zero attached hydrogens (tertiary/aromatic N) is 4. The minimum absolute atomic E-state index is 0.489. The first-order chi connectivity index (χ1) is 10.5. The first-order valence-electron chi connectivity index (χ1n) is 6.29. The van der Waals surface area contributed by atoms with Crippen molar-refractivity contribution in [2.45, 2.75) is 18.9 Å². The molecular weight excluding hydrogens is 339 g/mol. The van der Waals surface area contributed by atoms with E-state index in [2.05, 4.69) is 21.3 Å². The summed E-state index contributed by atoms with van der Waals surface area (Å²) in [6, 6.07) is 7.12. The number of thioether (sulfide) groups is 1. The van der Waals surface area contributed by atoms with E-state index in [0.717, 1.165) is 11.3 Å². The number of aromatic nitrogens is 1. The summed E-state index contributed by atoms with van der Waals surface area (Å²) in [5.74, 6) is 0. The minimum Gasteiger partial charge on any atom is -0.243 e. The first-order valence-corrected chi connectivity index (χ1v) is 8.27. The van der Waals surface area contributed by atoms with Crippen molar-refractivity contribution in [2.75, 3.05) is 6.26 Å². The fourth-order valence-corrected chi connectivity index (χ4v) is 3.09. The highest BCUT2D eigenvalue weighted by molar-refractivity contribution is 7.98. The zero-order valence-corrected chi connectivity index (χ0v) is 14.5. The van der Waals surface area contributed by atoms with Crippen LogP contribution in [0.15, 0.2) is 33.5 Å². The summed E-state index contributed by atoms with van der Waals surface area (Å²) < 4.78 is 0. The number of nitriles is 1. The normalized spacial score (nSPS) is 10.9. The van der Waals surface area contributed by atoms with Gasteiger partial charge >= 0.3 is 0 Å². The quantitative estimate of drug-likeness (QED) is 0.502. The smallest absolute Gasteiger partial charge is 0.114 e. The van der Waals surface area contributed by atoms with Crippen LogP contribution in [0.5, 0.6) is 0 Å². The number of rotatable bonds is 3. The average Bonchev–Trinajstić information content (AvgIpc) is 2.45. The van der Waals surface area contributed by atoms with Crippen molar-refractivity contribution in [1.82, 2.24) is 4.98 Å². The monoisotopic (exact) mass is 350 g/mol. The van der Waals surface area contributed by atoms with Gasteiger partial charge in [-0.05, 0) is 43.9 Å². The second kappa shape index (κ2) is 7.10. The van der Waals surface area contributed by atoms with E-state index < -0.39 is 0 Å². The molecule has 22 heavy (non-hydrogen) atoms. The van der Waals surface area contributed by atoms with Crippen LogP contribution in [-0.4, -0.2) is 11.2 Å². The Kier molecular flexibility index (Phi) is 5.41. The van der Waals surface area contributed by atoms with E-state index in [1.807, 2.05) is 20.1 Å². The zero-order chi connectivity index (χ0) is 16.3. The van der Waals surface area contributed by atoms with Crippen molar-refractivity contribution in [3.8, 4) is 6.07 Å². The highest BCUT2D eigenvalue weighted by atomic mass is 35.5. The third-order valence-corrected chi connectivity index (χ3v) is 4.09. The maximum Gasteiger partial charge on any atom is 0.114 e. The fraction of sp³-hybridized carbons (Fsp3) is 0.200. The van der Waals surface area contributed by atoms with E-state index in [1.165, 1.54) is 11.8 Å². The molecule has 0 aliphatic heterocycles. The van der Waals surface area contributed by atoms with Gasteiger partial charge in [-0.25, -0.2) is 4.98 Å². The van der Waals surface area contributed by atoms with E-state index in [9.17, 15) is 5.26 Å². The molecular formula is C15H12Cl2N4S. The molecule has 0 aliphatic carbocycles. The average molecular weight is 351 g/mol. The molecule has 2 rings (SSSR count). The van der Waals surface area contributed by atoms with Crippen molar-refractivity contribution < 1.29 is 0 Å². The molecule has 1 heterocycles. The summed E-state index contributed by atoms with van der Waals surface area (Å²) in [7, 11) is 0. The lowest BCUT2D eigenvalue weighted by atomic mass is 10.1. The second-order valence-electron chi connectivity index (χ2n) is 4.49. The van der Waals surface area contributed by atoms with E-state index >= 15 is 0 Å². The highest BCUT2D eigenvalue weighted by Gasteiger charge is 2.14. The fourth-order valence-electron chi connectivity index (χ4n) is 1.94. The first kappa shape index (κ1) is 16.8. The van der Waals surface area contributed by atoms with Crippen molar-refractivity contribution in [3.05, 3.63) is 45.1 Å². The summed E-state index contributed by atoms with van der Waals surface area (Å²) >= 11 is 13.3. The molecule has 0 atom stereocenters. The molecule has 112 valence electrons. The topological polar surface area (TPSA) is 61.4 Å². The lowest BCUT2D eigenvalue weighted by Gasteiger charge is -2.08. The third-order valence-electron chi connectivity index (χ3n) is 2.97. The van der Waals surface area contributed by atoms with Gasteiger partial charge in [-0.15, -0.1) is 16.9 Å². The van der Waals surface area contributed by atoms with E-state index in [1.54, 1.807) is 18.2 Å². The SMILES string of the molecule is CSc1nc(C)c(N=Nc2cc(Cl)cc(Cl)c2)c(C)c1C#N. The molecule has 0 radical (unpaired) electrons. The summed E-state index contributed by atoms with van der Waals surface area (Å²) in [6.07, 6.45) is 1.89. The summed E-state index contributed by atoms with van der Waals surface area (Å²) in [5.41, 5.74) is 3.14. The van der Waals surface area contributed by atoms with Crippen LogP contribution >= 0.6 is 35.0 Å². The molecule has 0 N–H and O–H groups in total. The Morgan fingerprint density at radius 2 is 1.77 bits per heavy atom. The van der Waals surface area contributed by atoms with Gasteiger partial charge in [-0.1, -0.05) is 23.2 Å². The van der Waals surface area contributed by atoms with E-state index in [-0.39, 0.29) is 0 Å². The van der Waals surface area contributed by atoms with E-state index in [0.29, 0.717) is 32.0 Å². The molecule has 0 spiro atoms. The molecule has 0 fully saturated rings. The van der Waals surface area contributed by atoms with Crippen LogP contribution in [0.1, 0.15) is 16.8 Å². The van der Waals surface area contributed by atoms with Gasteiger partial charge in [-0.3, -0.25) is 0 Å². The molecule has 0 saturated carbocycles. The lowest BCUT2D eigenvalue weighted by Crippen LogP contribution is -1.95. The van der Waals surface area contributed by atoms with Crippen molar-refractivity contribution >= 4 is 46.3 Å². The molecule has 0 aliphatic rings. The molecule has 0 saturated heterocycles. The molecule has 0 bridgehead atoms. The maximum absolute atomic E-state index is 9.29. The number of hydrogen-bond acceptors (Lipinski definition) is 5. The summed E-state index contributed by atoms with van der Waals surface area (Å²) in [4.78, 5) is 4.41. The Morgan fingerprint density at radius 3 is 2.32 bits per heavy atom. The van der Waals surface area contributed by atoms with Crippen molar-refractivity contribution in [3.63, 3.8) is 0 Å². The van der Waals surface area contributed by atoms with Crippen LogP contribution in [0, 0.1) is 25.2 Å². The van der Waals surface area contributed by atoms with Gasteiger partial charge in [0.15, 0.2) is 0 Å². The Labute approximate surface area is 143 Å². The molecule has 1 aromatic carbocycles. The van der Waals surface area contributed by atoms with Gasteiger partial charge in [0.2, 0.25) is 0 Å². The number of benzene rings is 1. The van der Waals surface area contributed by atoms with Crippen molar-refractivity contribution in [2.24, 2.45) is 10.2 Å². The Hall–Kier alpha value is -1.61. The maximum atomic E-state index is 9.29. The molecule has 1 aromatic heterocycles. The Balaban J connectivity index is 2.50. The third kappa shape index (κ3) is 3.58. The van der Waals surface area contributed by atoms with Gasteiger partial charge in [-0.2, -0.15) is 10.4 Å². The number of pyridine rings is 1. The standard InChI is InChI=1S/C15H12Cl2N4S/c1-8-13(7-18)15(22-3)19-9(2)14(8)21-20-12-5-10(16)4-11(17)6-12/h4-6H,1-3H3. The minimum atomic E-state index is 0.489. The highest BCUT2D eigenvalue weighted by Crippen LogP contribution is 2.32. The second-order valence-corrected chi connectivity index (χ2v) is 6.16. The zero-order valence-electron chi connectivity index (χ0n) is 12.2. The molecule has 0 amide bonds. The van der Waals surface area contributed by atoms with Crippen LogP contribution in [-0.2, 0) is 0 Å². The van der Waals surface area contributed by atoms with Gasteiger partial charge in [0.1, 0.15) is 16.8 Å². The lowest BCUT2D eigenvalue weighted by molar-refractivity contribution is 1.01. The van der Waals surface area contributed by atoms with Gasteiger partial charge in [0.25, 0.3) is 0 Å². The molecule has 7 heteroatoms. The molecule has 2 aromatic rings. The van der Waals surface area contributed by atoms with Gasteiger partial charge < -0.3 is 0 Å². The van der Waals surface area contributed by atoms with Crippen LogP contribution < -0.4 is 0 Å². The van der Waals surface area contributed by atoms with Crippen molar-refractivity contribution in [1.29, 1.82) is 5.26 Å². The van der Waals surface area contributed by atoms with E-state index in [4.69, 9.17) is 23.2 Å². The number of halogens is 2. The number of aryl methyl sites for hydroxylation is 1. The predicted octanol–water partition coefficient (Wildman–Crippen LogP) is 6.01. The Bertz CT molecular complexity index is 777. The number of hydrogen-bond donors (Lipinski definition) is 0. The van der Waals surface area contributed by atoms with Gasteiger partial charge in [0.05, 0.1) is 16.9 Å². The van der Waals surface area contributed by atoms with Crippen LogP contribution in [0.4, 0.5) is 11.4 Å². The van der Waals surface area contributed by atoms with Crippen LogP contribution in [0.25, 0.3) is 0 Å². The molecule has 0 unspecified atom stereocenters.